The maximum atomic E-state index is 12.4. The summed E-state index contributed by atoms with van der Waals surface area (Å²) in [6.45, 7) is 0. The molecule has 0 unspecified atom stereocenters. The van der Waals surface area contributed by atoms with Gasteiger partial charge in [-0.3, -0.25) is 0 Å². The molecule has 0 aliphatic rings. The van der Waals surface area contributed by atoms with Crippen molar-refractivity contribution in [2.75, 3.05) is 0 Å². The molecule has 0 aliphatic heterocycles. The van der Waals surface area contributed by atoms with E-state index in [1.807, 2.05) is 0 Å². The highest BCUT2D eigenvalue weighted by Crippen LogP contribution is 2.30. The second-order valence-corrected chi connectivity index (χ2v) is 1.98. The Morgan fingerprint density at radius 1 is 1.00 bits per heavy atom. The molecule has 0 nitrogen and oxygen atoms in total. The molecule has 0 radical (unpaired) electrons. The molecular formula is C7H5BrF4. The van der Waals surface area contributed by atoms with Crippen molar-refractivity contribution in [3.8, 4) is 0 Å². The molecule has 1 rings (SSSR count). The molecule has 0 N–H and O–H groups in total. The number of hydrogen-bond acceptors (Lipinski definition) is 0. The van der Waals surface area contributed by atoms with Crippen molar-refractivity contribution in [3.63, 3.8) is 0 Å². The number of benzene rings is 1. The second kappa shape index (κ2) is 3.89. The van der Waals surface area contributed by atoms with Gasteiger partial charge in [-0.25, -0.2) is 4.39 Å². The van der Waals surface area contributed by atoms with Crippen molar-refractivity contribution in [3.05, 3.63) is 35.6 Å². The Kier molecular flexibility index (Phi) is 3.70. The van der Waals surface area contributed by atoms with Gasteiger partial charge in [0.1, 0.15) is 5.82 Å². The van der Waals surface area contributed by atoms with Crippen LogP contribution in [0.2, 0.25) is 0 Å². The smallest absolute Gasteiger partial charge is 0.206 e. The Hall–Kier alpha value is -0.580. The summed E-state index contributed by atoms with van der Waals surface area (Å²) in [5.41, 5.74) is -1.22. The molecule has 0 bridgehead atoms. The minimum atomic E-state index is -4.59. The summed E-state index contributed by atoms with van der Waals surface area (Å²) in [4.78, 5) is 0. The van der Waals surface area contributed by atoms with Crippen LogP contribution in [0.1, 0.15) is 5.56 Å². The molecule has 5 heteroatoms. The highest BCUT2D eigenvalue weighted by molar-refractivity contribution is 8.93. The third-order valence-electron chi connectivity index (χ3n) is 1.18. The summed E-state index contributed by atoms with van der Waals surface area (Å²) in [5.74, 6) is -1.24. The molecule has 0 amide bonds. The van der Waals surface area contributed by atoms with Crippen LogP contribution in [0, 0.1) is 5.82 Å². The van der Waals surface area contributed by atoms with Crippen molar-refractivity contribution < 1.29 is 17.6 Å². The maximum Gasteiger partial charge on any atom is 0.419 e. The molecule has 1 aromatic rings. The average Bonchev–Trinajstić information content (AvgIpc) is 1.86. The van der Waals surface area contributed by atoms with Crippen molar-refractivity contribution in [1.29, 1.82) is 0 Å². The highest BCUT2D eigenvalue weighted by Gasteiger charge is 2.33. The standard InChI is InChI=1S/C7H4F4.BrH/c8-6-4-2-1-3-5(6)7(9,10)11;/h1-4H;1H. The topological polar surface area (TPSA) is 0 Å². The van der Waals surface area contributed by atoms with E-state index in [1.54, 1.807) is 0 Å². The summed E-state index contributed by atoms with van der Waals surface area (Å²) in [5, 5.41) is 0. The fraction of sp³-hybridized carbons (Fsp3) is 0.143. The van der Waals surface area contributed by atoms with Crippen molar-refractivity contribution in [2.45, 2.75) is 6.18 Å². The molecule has 0 saturated carbocycles. The van der Waals surface area contributed by atoms with Crippen LogP contribution in [0.5, 0.6) is 0 Å². The Balaban J connectivity index is 0.00000121. The van der Waals surface area contributed by atoms with Crippen LogP contribution in [0.4, 0.5) is 17.6 Å². The van der Waals surface area contributed by atoms with Crippen LogP contribution < -0.4 is 0 Å². The molecule has 12 heavy (non-hydrogen) atoms. The van der Waals surface area contributed by atoms with Crippen molar-refractivity contribution in [2.24, 2.45) is 0 Å². The lowest BCUT2D eigenvalue weighted by molar-refractivity contribution is -0.139. The predicted octanol–water partition coefficient (Wildman–Crippen LogP) is 3.42. The summed E-state index contributed by atoms with van der Waals surface area (Å²) >= 11 is 0. The van der Waals surface area contributed by atoms with Crippen LogP contribution in [0.3, 0.4) is 0 Å². The largest absolute Gasteiger partial charge is 0.419 e. The van der Waals surface area contributed by atoms with E-state index in [0.717, 1.165) is 12.1 Å². The maximum absolute atomic E-state index is 12.4. The minimum absolute atomic E-state index is 0. The first-order valence-corrected chi connectivity index (χ1v) is 2.83. The zero-order valence-corrected chi connectivity index (χ0v) is 7.44. The third kappa shape index (κ3) is 2.48. The van der Waals surface area contributed by atoms with E-state index in [0.29, 0.717) is 6.07 Å². The van der Waals surface area contributed by atoms with Gasteiger partial charge in [0.25, 0.3) is 0 Å². The Morgan fingerprint density at radius 2 is 1.50 bits per heavy atom. The van der Waals surface area contributed by atoms with Gasteiger partial charge in [-0.05, 0) is 12.1 Å². The van der Waals surface area contributed by atoms with E-state index in [1.165, 1.54) is 6.07 Å². The van der Waals surface area contributed by atoms with Gasteiger partial charge in [0, 0.05) is 0 Å². The summed E-state index contributed by atoms with van der Waals surface area (Å²) in [6, 6.07) is 3.84. The fourth-order valence-electron chi connectivity index (χ4n) is 0.691. The first-order chi connectivity index (χ1) is 5.02. The Bertz CT molecular complexity index is 256. The van der Waals surface area contributed by atoms with Gasteiger partial charge >= 0.3 is 6.18 Å². The first-order valence-electron chi connectivity index (χ1n) is 2.83. The molecule has 0 heterocycles. The van der Waals surface area contributed by atoms with E-state index < -0.39 is 17.6 Å². The zero-order valence-electron chi connectivity index (χ0n) is 5.73. The van der Waals surface area contributed by atoms with Gasteiger partial charge < -0.3 is 0 Å². The van der Waals surface area contributed by atoms with Crippen LogP contribution in [-0.2, 0) is 6.18 Å². The third-order valence-corrected chi connectivity index (χ3v) is 1.18. The predicted molar refractivity (Wildman–Crippen MR) is 41.7 cm³/mol. The van der Waals surface area contributed by atoms with Gasteiger partial charge in [-0.15, -0.1) is 17.0 Å². The average molecular weight is 245 g/mol. The van der Waals surface area contributed by atoms with E-state index in [4.69, 9.17) is 0 Å². The number of hydrogen-bond donors (Lipinski definition) is 0. The number of alkyl halides is 3. The van der Waals surface area contributed by atoms with Gasteiger partial charge in [0.2, 0.25) is 0 Å². The Morgan fingerprint density at radius 3 is 1.83 bits per heavy atom. The van der Waals surface area contributed by atoms with E-state index in [-0.39, 0.29) is 17.0 Å². The molecule has 68 valence electrons. The molecule has 0 aromatic heterocycles. The molecule has 0 fully saturated rings. The normalized spacial score (nSPS) is 10.7. The lowest BCUT2D eigenvalue weighted by Crippen LogP contribution is -2.07. The number of halogens is 5. The highest BCUT2D eigenvalue weighted by atomic mass is 79.9. The fourth-order valence-corrected chi connectivity index (χ4v) is 0.691. The van der Waals surface area contributed by atoms with Crippen LogP contribution >= 0.6 is 17.0 Å². The summed E-state index contributed by atoms with van der Waals surface area (Å²) < 4.78 is 47.8. The quantitative estimate of drug-likeness (QED) is 0.614. The molecular weight excluding hydrogens is 240 g/mol. The molecule has 0 spiro atoms. The van der Waals surface area contributed by atoms with Gasteiger partial charge in [0.15, 0.2) is 0 Å². The molecule has 0 atom stereocenters. The monoisotopic (exact) mass is 244 g/mol. The zero-order chi connectivity index (χ0) is 8.48. The van der Waals surface area contributed by atoms with Crippen molar-refractivity contribution in [1.82, 2.24) is 0 Å². The Labute approximate surface area is 77.0 Å². The SMILES string of the molecule is Br.Fc1ccccc1C(F)(F)F. The second-order valence-electron chi connectivity index (χ2n) is 1.98. The van der Waals surface area contributed by atoms with Gasteiger partial charge in [-0.2, -0.15) is 13.2 Å². The molecule has 0 aliphatic carbocycles. The van der Waals surface area contributed by atoms with Gasteiger partial charge in [-0.1, -0.05) is 12.1 Å². The molecule has 1 aromatic carbocycles. The summed E-state index contributed by atoms with van der Waals surface area (Å²) in [7, 11) is 0. The van der Waals surface area contributed by atoms with E-state index >= 15 is 0 Å². The van der Waals surface area contributed by atoms with E-state index in [2.05, 4.69) is 0 Å². The molecule has 0 saturated heterocycles. The van der Waals surface area contributed by atoms with Crippen molar-refractivity contribution >= 4 is 17.0 Å². The lowest BCUT2D eigenvalue weighted by Gasteiger charge is -2.05. The van der Waals surface area contributed by atoms with Gasteiger partial charge in [0.05, 0.1) is 5.56 Å². The van der Waals surface area contributed by atoms with Crippen LogP contribution in [0.15, 0.2) is 24.3 Å². The first kappa shape index (κ1) is 11.4. The van der Waals surface area contributed by atoms with Crippen LogP contribution in [0.25, 0.3) is 0 Å². The van der Waals surface area contributed by atoms with E-state index in [9.17, 15) is 17.6 Å². The van der Waals surface area contributed by atoms with Crippen LogP contribution in [-0.4, -0.2) is 0 Å². The number of rotatable bonds is 0. The summed E-state index contributed by atoms with van der Waals surface area (Å²) in [6.07, 6.45) is -4.59. The minimum Gasteiger partial charge on any atom is -0.206 e. The lowest BCUT2D eigenvalue weighted by atomic mass is 10.2.